The van der Waals surface area contributed by atoms with Gasteiger partial charge >= 0.3 is 0 Å². The average molecular weight is 1020 g/mol. The number of benzene rings is 11. The third-order valence-electron chi connectivity index (χ3n) is 12.4. The van der Waals surface area contributed by atoms with Crippen LogP contribution < -0.4 is 19.3 Å². The number of halogens is 2. The Kier molecular flexibility index (Phi) is 7.41. The molecule has 0 spiro atoms. The lowest BCUT2D eigenvalue weighted by molar-refractivity contribution is 0.466. The number of nitrogens with zero attached hydrogens (tertiary/aromatic N) is 4. The van der Waals surface area contributed by atoms with Crippen LogP contribution in [-0.2, 0) is 0 Å². The molecular weight excluding hydrogens is 952 g/mol. The van der Waals surface area contributed by atoms with Gasteiger partial charge in [0.05, 0.1) is 69.5 Å². The van der Waals surface area contributed by atoms with E-state index in [1.54, 1.807) is 12.1 Å². The first-order valence-corrected chi connectivity index (χ1v) is 23.7. The molecule has 11 aromatic carbocycles. The van der Waals surface area contributed by atoms with Gasteiger partial charge in [-0.05, 0) is 109 Å². The van der Waals surface area contributed by atoms with E-state index in [4.69, 9.17) is 58.7 Å². The summed E-state index contributed by atoms with van der Waals surface area (Å²) in [6.07, 6.45) is 0. The summed E-state index contributed by atoms with van der Waals surface area (Å²) in [5.41, 5.74) is 1.86. The molecule has 2 aromatic heterocycles. The second-order valence-electron chi connectivity index (χ2n) is 16.6. The van der Waals surface area contributed by atoms with Crippen LogP contribution in [0.3, 0.4) is 0 Å². The van der Waals surface area contributed by atoms with Gasteiger partial charge in [-0.1, -0.05) is 169 Å². The van der Waals surface area contributed by atoms with E-state index < -0.39 is 132 Å². The summed E-state index contributed by atoms with van der Waals surface area (Å²) in [5, 5.41) is 3.22. The smallest absolute Gasteiger partial charge is 0.153 e. The first-order valence-electron chi connectivity index (χ1n) is 32.4. The number of hydrogen-bond donors (Lipinski definition) is 0. The maximum Gasteiger partial charge on any atom is 0.153 e. The third-order valence-corrected chi connectivity index (χ3v) is 13.0. The zero-order chi connectivity index (χ0) is 66.1. The van der Waals surface area contributed by atoms with Crippen molar-refractivity contribution in [2.75, 3.05) is 9.80 Å². The van der Waals surface area contributed by atoms with Crippen molar-refractivity contribution in [3.8, 4) is 34.4 Å². The standard InChI is InChI=1S/C66H44Cl2N4O2/c67-55-41-49(69(45-21-5-1-6-22-45)46-23-7-2-8-24-46)37-39-63(55)73-65-43-62(72-59-35-19-15-31-53(59)54-32-16-20-36-60(54)72)66(44-61(65)71-57-33-17-13-29-51(57)52-30-14-18-34-58(52)71)74-64-40-38-50(42-56(64)68)70(47-25-9-3-10-26-47)48-27-11-4-12-28-48/h1-44H/i1D,2D,3D,4D,5D,6D,7D,8D,9D,10D,11D,12D,21D,22D,23D,24D,25D,26D,27D. The minimum Gasteiger partial charge on any atom is -0.454 e. The molecule has 0 fully saturated rings. The fraction of sp³-hybridized carbons (Fsp3) is 0. The maximum absolute atomic E-state index is 9.03. The fourth-order valence-electron chi connectivity index (χ4n) is 9.29. The van der Waals surface area contributed by atoms with Crippen LogP contribution >= 0.6 is 23.2 Å². The van der Waals surface area contributed by atoms with Crippen molar-refractivity contribution in [3.05, 3.63) is 277 Å². The van der Waals surface area contributed by atoms with Gasteiger partial charge in [-0.25, -0.2) is 0 Å². The molecule has 0 unspecified atom stereocenters. The summed E-state index contributed by atoms with van der Waals surface area (Å²) in [7, 11) is 0. The minimum absolute atomic E-state index is 0.00285. The molecular formula is C66H44Cl2N4O2. The van der Waals surface area contributed by atoms with Crippen LogP contribution in [0.1, 0.15) is 26.0 Å². The molecule has 0 N–H and O–H groups in total. The zero-order valence-electron chi connectivity index (χ0n) is 57.3. The average Bonchev–Trinajstić information content (AvgIpc) is 1.73. The van der Waals surface area contributed by atoms with Gasteiger partial charge in [-0.15, -0.1) is 0 Å². The molecule has 8 heteroatoms. The van der Waals surface area contributed by atoms with E-state index >= 15 is 0 Å². The first kappa shape index (κ1) is 28.7. The van der Waals surface area contributed by atoms with Crippen molar-refractivity contribution in [1.29, 1.82) is 0 Å². The molecule has 6 nitrogen and oxygen atoms in total. The Morgan fingerprint density at radius 2 is 0.635 bits per heavy atom. The number of para-hydroxylation sites is 8. The van der Waals surface area contributed by atoms with Crippen molar-refractivity contribution in [1.82, 2.24) is 9.13 Å². The Hall–Kier alpha value is -9.20. The van der Waals surface area contributed by atoms with Crippen molar-refractivity contribution in [2.45, 2.75) is 0 Å². The maximum atomic E-state index is 9.03. The molecule has 0 atom stereocenters. The topological polar surface area (TPSA) is 34.8 Å². The predicted molar refractivity (Wildman–Crippen MR) is 308 cm³/mol. The number of hydrogen-bond acceptors (Lipinski definition) is 4. The van der Waals surface area contributed by atoms with E-state index in [1.165, 1.54) is 36.4 Å². The summed E-state index contributed by atoms with van der Waals surface area (Å²) >= 11 is 14.7. The molecule has 0 aliphatic rings. The SMILES string of the molecule is [2H]c1cc(N(c2ccc(Oc3cc(-n4c5ccccc5c5ccccc54)c(Oc4ccc(N(c5c([2H])c([2H])c([2H])c([2H])c5[2H])c5c([2H])c([2H])c([2H])c([2H])c5[2H])cc4Cl)cc3-n3c4ccccc4c4ccccc43)c(Cl)c2)c2c([2H])c([2H])c([2H])c([2H])c2[2H])c([2H])c([2H])c1[2H]. The molecule has 0 aliphatic carbocycles. The number of fused-ring (bicyclic) bond motifs is 6. The van der Waals surface area contributed by atoms with Gasteiger partial charge in [0.2, 0.25) is 0 Å². The van der Waals surface area contributed by atoms with E-state index in [-0.39, 0.29) is 50.1 Å². The molecule has 13 aromatic rings. The molecule has 0 aliphatic heterocycles. The highest BCUT2D eigenvalue weighted by atomic mass is 35.5. The number of aromatic nitrogens is 2. The molecule has 354 valence electrons. The summed E-state index contributed by atoms with van der Waals surface area (Å²) in [6.45, 7) is 0. The Morgan fingerprint density at radius 1 is 0.311 bits per heavy atom. The Balaban J connectivity index is 1.05. The summed E-state index contributed by atoms with van der Waals surface area (Å²) in [5.74, 6) is 0.365. The molecule has 74 heavy (non-hydrogen) atoms. The molecule has 0 amide bonds. The Morgan fingerprint density at radius 3 is 1.00 bits per heavy atom. The second-order valence-corrected chi connectivity index (χ2v) is 17.4. The highest BCUT2D eigenvalue weighted by Gasteiger charge is 2.25. The molecule has 13 rings (SSSR count). The van der Waals surface area contributed by atoms with Crippen LogP contribution in [0.5, 0.6) is 23.0 Å². The van der Waals surface area contributed by atoms with Gasteiger partial charge in [0.1, 0.15) is 11.5 Å². The summed E-state index contributed by atoms with van der Waals surface area (Å²) in [6, 6.07) is 30.8. The van der Waals surface area contributed by atoms with Gasteiger partial charge in [0, 0.05) is 67.8 Å². The normalized spacial score (nSPS) is 15.0. The lowest BCUT2D eigenvalue weighted by Gasteiger charge is -2.26. The van der Waals surface area contributed by atoms with Crippen molar-refractivity contribution in [2.24, 2.45) is 0 Å². The monoisotopic (exact) mass is 1010 g/mol. The lowest BCUT2D eigenvalue weighted by Crippen LogP contribution is -2.10. The van der Waals surface area contributed by atoms with E-state index in [9.17, 15) is 0 Å². The fourth-order valence-corrected chi connectivity index (χ4v) is 9.72. The van der Waals surface area contributed by atoms with Gasteiger partial charge < -0.3 is 28.4 Å². The zero-order valence-corrected chi connectivity index (χ0v) is 39.8. The number of rotatable bonds is 12. The van der Waals surface area contributed by atoms with Crippen molar-refractivity contribution < 1.29 is 35.5 Å². The van der Waals surface area contributed by atoms with E-state index in [1.807, 2.05) is 106 Å². The van der Waals surface area contributed by atoms with Crippen molar-refractivity contribution >= 4 is 101 Å². The van der Waals surface area contributed by atoms with Gasteiger partial charge in [-0.3, -0.25) is 0 Å². The quantitative estimate of drug-likeness (QED) is 0.122. The second kappa shape index (κ2) is 19.1. The van der Waals surface area contributed by atoms with Gasteiger partial charge in [-0.2, -0.15) is 0 Å². The summed E-state index contributed by atoms with van der Waals surface area (Å²) in [4.78, 5) is 2.12. The van der Waals surface area contributed by atoms with Crippen LogP contribution in [0, 0.1) is 0 Å². The van der Waals surface area contributed by atoms with E-state index in [0.29, 0.717) is 11.4 Å². The largest absolute Gasteiger partial charge is 0.454 e. The Labute approximate surface area is 465 Å². The van der Waals surface area contributed by atoms with E-state index in [0.717, 1.165) is 59.5 Å². The van der Waals surface area contributed by atoms with Gasteiger partial charge in [0.25, 0.3) is 0 Å². The van der Waals surface area contributed by atoms with Crippen LogP contribution in [0.25, 0.3) is 55.0 Å². The molecule has 2 heterocycles. The van der Waals surface area contributed by atoms with Crippen molar-refractivity contribution in [3.63, 3.8) is 0 Å². The van der Waals surface area contributed by atoms with Crippen LogP contribution in [0.15, 0.2) is 266 Å². The van der Waals surface area contributed by atoms with Crippen LogP contribution in [0.2, 0.25) is 10.0 Å². The van der Waals surface area contributed by atoms with Gasteiger partial charge in [0.15, 0.2) is 11.5 Å². The lowest BCUT2D eigenvalue weighted by atomic mass is 10.1. The first-order chi connectivity index (χ1) is 44.4. The highest BCUT2D eigenvalue weighted by Crippen LogP contribution is 2.48. The molecule has 0 saturated carbocycles. The summed E-state index contributed by atoms with van der Waals surface area (Å²) < 4.78 is 183. The predicted octanol–water partition coefficient (Wildman–Crippen LogP) is 19.7. The number of anilines is 6. The minimum atomic E-state index is -0.750. The molecule has 0 radical (unpaired) electrons. The Bertz CT molecular complexity index is 5110. The third kappa shape index (κ3) is 8.03. The van der Waals surface area contributed by atoms with Crippen LogP contribution in [-0.4, -0.2) is 9.13 Å². The molecule has 0 saturated heterocycles. The number of ether oxygens (including phenoxy) is 2. The van der Waals surface area contributed by atoms with Crippen LogP contribution in [0.4, 0.5) is 34.1 Å². The van der Waals surface area contributed by atoms with E-state index in [2.05, 4.69) is 0 Å². The highest BCUT2D eigenvalue weighted by molar-refractivity contribution is 6.33. The molecule has 0 bridgehead atoms.